The van der Waals surface area contributed by atoms with Crippen molar-refractivity contribution in [1.29, 1.82) is 0 Å². The van der Waals surface area contributed by atoms with E-state index in [-0.39, 0.29) is 10.6 Å². The number of hydrogen-bond acceptors (Lipinski definition) is 8. The van der Waals surface area contributed by atoms with Crippen molar-refractivity contribution >= 4 is 23.8 Å². The van der Waals surface area contributed by atoms with Gasteiger partial charge in [-0.15, -0.1) is 11.8 Å². The first-order valence-electron chi connectivity index (χ1n) is 12.9. The van der Waals surface area contributed by atoms with E-state index < -0.39 is 72.4 Å². The summed E-state index contributed by atoms with van der Waals surface area (Å²) >= 11 is 1.13. The van der Waals surface area contributed by atoms with Crippen LogP contribution in [0.3, 0.4) is 0 Å². The van der Waals surface area contributed by atoms with Gasteiger partial charge in [-0.1, -0.05) is 30.3 Å². The van der Waals surface area contributed by atoms with E-state index in [0.29, 0.717) is 21.6 Å². The van der Waals surface area contributed by atoms with Gasteiger partial charge in [0.15, 0.2) is 5.69 Å². The van der Waals surface area contributed by atoms with Crippen LogP contribution < -0.4 is 15.2 Å². The van der Waals surface area contributed by atoms with E-state index in [1.54, 1.807) is 24.3 Å². The summed E-state index contributed by atoms with van der Waals surface area (Å²) in [5, 5.41) is 1.35. The van der Waals surface area contributed by atoms with E-state index in [4.69, 9.17) is 4.74 Å². The lowest BCUT2D eigenvalue weighted by Crippen LogP contribution is -2.60. The molecule has 234 valence electrons. The zero-order valence-corrected chi connectivity index (χ0v) is 23.8. The Kier molecular flexibility index (Phi) is 8.22. The Morgan fingerprint density at radius 1 is 1.05 bits per heavy atom. The Balaban J connectivity index is 1.74. The maximum atomic E-state index is 14.1. The number of aromatic nitrogens is 1. The first-order chi connectivity index (χ1) is 20.7. The predicted octanol–water partition coefficient (Wildman–Crippen LogP) is 5.68. The van der Waals surface area contributed by atoms with Gasteiger partial charge < -0.3 is 19.1 Å². The number of fused-ring (bicyclic) bond motifs is 3. The van der Waals surface area contributed by atoms with Crippen LogP contribution >= 0.6 is 11.8 Å². The third kappa shape index (κ3) is 5.77. The lowest BCUT2D eigenvalue weighted by molar-refractivity contribution is -0.173. The number of carbonyl (C=O) groups is 2. The highest BCUT2D eigenvalue weighted by atomic mass is 32.2. The van der Waals surface area contributed by atoms with E-state index in [1.165, 1.54) is 17.3 Å². The molecule has 2 aliphatic rings. The summed E-state index contributed by atoms with van der Waals surface area (Å²) in [5.41, 5.74) is -0.801. The van der Waals surface area contributed by atoms with Crippen LogP contribution in [0.1, 0.15) is 45.7 Å². The van der Waals surface area contributed by atoms with Gasteiger partial charge in [-0.2, -0.15) is 26.3 Å². The van der Waals surface area contributed by atoms with E-state index in [0.717, 1.165) is 48.7 Å². The number of carbonyl (C=O) groups excluding carboxylic acids is 2. The molecule has 1 aromatic heterocycles. The topological polar surface area (TPSA) is 90.3 Å². The SMILES string of the molecule is COC(=O)OCOc1c2n(ccc1=O)N([C@H]1c3ccccc3CSc3cc(C(F)(F)F)ccc31)CN([C@H](C)C(F)(F)F)C2=O. The molecule has 0 radical (unpaired) electrons. The van der Waals surface area contributed by atoms with Gasteiger partial charge in [0, 0.05) is 22.9 Å². The molecule has 0 fully saturated rings. The molecule has 0 N–H and O–H groups in total. The molecule has 5 rings (SSSR count). The first kappa shape index (κ1) is 31.1. The van der Waals surface area contributed by atoms with Gasteiger partial charge in [-0.05, 0) is 35.7 Å². The highest BCUT2D eigenvalue weighted by Crippen LogP contribution is 2.45. The maximum absolute atomic E-state index is 14.1. The Morgan fingerprint density at radius 3 is 2.45 bits per heavy atom. The van der Waals surface area contributed by atoms with Crippen LogP contribution in [0, 0.1) is 0 Å². The fourth-order valence-corrected chi connectivity index (χ4v) is 6.13. The van der Waals surface area contributed by atoms with E-state index in [1.807, 2.05) is 0 Å². The molecule has 0 aliphatic carbocycles. The summed E-state index contributed by atoms with van der Waals surface area (Å²) < 4.78 is 98.6. The fraction of sp³-hybridized carbons (Fsp3) is 0.321. The van der Waals surface area contributed by atoms with E-state index in [2.05, 4.69) is 9.47 Å². The lowest BCUT2D eigenvalue weighted by atomic mass is 9.93. The summed E-state index contributed by atoms with van der Waals surface area (Å²) in [6.07, 6.45) is -9.54. The average molecular weight is 644 g/mol. The van der Waals surface area contributed by atoms with Crippen molar-refractivity contribution in [2.45, 2.75) is 42.0 Å². The molecule has 16 heteroatoms. The molecular weight excluding hydrogens is 620 g/mol. The molecule has 3 heterocycles. The second kappa shape index (κ2) is 11.6. The molecule has 2 atom stereocenters. The van der Waals surface area contributed by atoms with Crippen LogP contribution in [-0.4, -0.2) is 54.4 Å². The van der Waals surface area contributed by atoms with Crippen molar-refractivity contribution in [3.63, 3.8) is 0 Å². The van der Waals surface area contributed by atoms with E-state index in [9.17, 15) is 40.7 Å². The quantitative estimate of drug-likeness (QED) is 0.199. The molecular formula is C28H23F6N3O6S. The Hall–Kier alpha value is -4.34. The molecule has 9 nitrogen and oxygen atoms in total. The van der Waals surface area contributed by atoms with Crippen LogP contribution in [0.25, 0.3) is 0 Å². The zero-order chi connectivity index (χ0) is 32.0. The van der Waals surface area contributed by atoms with Crippen molar-refractivity contribution in [2.24, 2.45) is 0 Å². The van der Waals surface area contributed by atoms with Gasteiger partial charge in [0.1, 0.15) is 12.7 Å². The zero-order valence-electron chi connectivity index (χ0n) is 22.9. The number of nitrogens with zero attached hydrogens (tertiary/aromatic N) is 3. The third-order valence-corrected chi connectivity index (χ3v) is 8.35. The van der Waals surface area contributed by atoms with Crippen molar-refractivity contribution in [3.05, 3.63) is 92.9 Å². The number of benzene rings is 2. The maximum Gasteiger partial charge on any atom is 0.510 e. The number of ether oxygens (including phenoxy) is 3. The van der Waals surface area contributed by atoms with Gasteiger partial charge in [0.2, 0.25) is 18.0 Å². The number of pyridine rings is 1. The molecule has 0 spiro atoms. The van der Waals surface area contributed by atoms with Crippen molar-refractivity contribution in [3.8, 4) is 5.75 Å². The largest absolute Gasteiger partial charge is 0.510 e. The molecule has 3 aromatic rings. The third-order valence-electron chi connectivity index (χ3n) is 7.23. The minimum absolute atomic E-state index is 0.235. The normalized spacial score (nSPS) is 17.2. The van der Waals surface area contributed by atoms with Gasteiger partial charge in [-0.3, -0.25) is 19.3 Å². The molecule has 2 aliphatic heterocycles. The fourth-order valence-electron chi connectivity index (χ4n) is 5.00. The molecule has 0 unspecified atom stereocenters. The van der Waals surface area contributed by atoms with Crippen LogP contribution in [-0.2, 0) is 21.4 Å². The second-order valence-corrected chi connectivity index (χ2v) is 10.8. The number of rotatable bonds is 5. The highest BCUT2D eigenvalue weighted by Gasteiger charge is 2.48. The van der Waals surface area contributed by atoms with Gasteiger partial charge >= 0.3 is 18.5 Å². The molecule has 0 saturated heterocycles. The number of thioether (sulfide) groups is 1. The van der Waals surface area contributed by atoms with Crippen LogP contribution in [0.5, 0.6) is 5.75 Å². The monoisotopic (exact) mass is 643 g/mol. The van der Waals surface area contributed by atoms with E-state index >= 15 is 0 Å². The molecule has 44 heavy (non-hydrogen) atoms. The Morgan fingerprint density at radius 2 is 1.77 bits per heavy atom. The highest BCUT2D eigenvalue weighted by molar-refractivity contribution is 7.98. The van der Waals surface area contributed by atoms with Crippen molar-refractivity contribution in [1.82, 2.24) is 9.58 Å². The smallest absolute Gasteiger partial charge is 0.451 e. The number of alkyl halides is 6. The molecule has 0 bridgehead atoms. The summed E-state index contributed by atoms with van der Waals surface area (Å²) in [7, 11) is 1.01. The van der Waals surface area contributed by atoms with Gasteiger partial charge in [0.05, 0.1) is 18.7 Å². The van der Waals surface area contributed by atoms with Crippen molar-refractivity contribution in [2.75, 3.05) is 25.6 Å². The van der Waals surface area contributed by atoms with Crippen molar-refractivity contribution < 1.29 is 50.1 Å². The summed E-state index contributed by atoms with van der Waals surface area (Å²) in [6, 6.07) is 7.63. The standard InChI is InChI=1S/C28H23F6N3O6S/c1-15(27(29,30)31)35-13-37(36-10-9-20(38)24(23(36)25(35)39)42-14-43-26(40)41-2)22-18-6-4-3-5-16(18)12-44-21-11-17(28(32,33)34)7-8-19(21)22/h3-11,15,22H,12-14H2,1-2H3/t15-,22+/m1/s1. The summed E-state index contributed by atoms with van der Waals surface area (Å²) in [4.78, 5) is 38.7. The lowest BCUT2D eigenvalue weighted by Gasteiger charge is -2.46. The van der Waals surface area contributed by atoms with Crippen LogP contribution in [0.2, 0.25) is 0 Å². The minimum Gasteiger partial charge on any atom is -0.451 e. The number of halogens is 6. The Bertz CT molecular complexity index is 1660. The van der Waals surface area contributed by atoms with Gasteiger partial charge in [0.25, 0.3) is 5.91 Å². The minimum atomic E-state index is -4.88. The Labute approximate surface area is 249 Å². The first-order valence-corrected chi connectivity index (χ1v) is 13.9. The second-order valence-electron chi connectivity index (χ2n) is 9.78. The predicted molar refractivity (Wildman–Crippen MR) is 144 cm³/mol. The summed E-state index contributed by atoms with van der Waals surface area (Å²) in [5.74, 6) is -1.65. The number of hydrogen-bond donors (Lipinski definition) is 0. The number of methoxy groups -OCH3 is 1. The number of amides is 1. The molecule has 2 aromatic carbocycles. The van der Waals surface area contributed by atoms with Crippen LogP contribution in [0.15, 0.2) is 64.4 Å². The summed E-state index contributed by atoms with van der Waals surface area (Å²) in [6.45, 7) is -0.807. The molecule has 0 saturated carbocycles. The average Bonchev–Trinajstić information content (AvgIpc) is 3.13. The molecule has 1 amide bonds. The van der Waals surface area contributed by atoms with Gasteiger partial charge in [-0.25, -0.2) is 4.79 Å². The van der Waals surface area contributed by atoms with Crippen LogP contribution in [0.4, 0.5) is 31.1 Å².